The predicted octanol–water partition coefficient (Wildman–Crippen LogP) is 3.70. The van der Waals surface area contributed by atoms with Gasteiger partial charge >= 0.3 is 6.36 Å². The Morgan fingerprint density at radius 1 is 1.35 bits per heavy atom. The van der Waals surface area contributed by atoms with Gasteiger partial charge in [-0.3, -0.25) is 0 Å². The highest BCUT2D eigenvalue weighted by molar-refractivity contribution is 7.83. The summed E-state index contributed by atoms with van der Waals surface area (Å²) in [5.74, 6) is -0.280. The Bertz CT molecular complexity index is 465. The van der Waals surface area contributed by atoms with Crippen LogP contribution in [0.2, 0.25) is 0 Å². The first kappa shape index (κ1) is 17.0. The first-order valence-corrected chi connectivity index (χ1v) is 7.46. The first-order chi connectivity index (χ1) is 9.23. The SMILES string of the molecule is CCC(C)S(=O)N[C@@H](C)c1cccc(OC(F)(F)F)c1. The van der Waals surface area contributed by atoms with Crippen LogP contribution >= 0.6 is 0 Å². The Morgan fingerprint density at radius 3 is 2.55 bits per heavy atom. The molecule has 0 saturated heterocycles. The van der Waals surface area contributed by atoms with E-state index in [2.05, 4.69) is 9.46 Å². The molecule has 1 aromatic rings. The monoisotopic (exact) mass is 309 g/mol. The molecule has 0 fully saturated rings. The quantitative estimate of drug-likeness (QED) is 0.870. The van der Waals surface area contributed by atoms with E-state index in [1.807, 2.05) is 13.8 Å². The van der Waals surface area contributed by atoms with E-state index < -0.39 is 17.3 Å². The molecular formula is C13H18F3NO2S. The maximum Gasteiger partial charge on any atom is 0.573 e. The van der Waals surface area contributed by atoms with Crippen LogP contribution in [0.25, 0.3) is 0 Å². The number of halogens is 3. The molecule has 0 aliphatic heterocycles. The molecule has 0 aliphatic carbocycles. The maximum atomic E-state index is 12.1. The number of hydrogen-bond donors (Lipinski definition) is 1. The highest BCUT2D eigenvalue weighted by Crippen LogP contribution is 2.25. The molecule has 7 heteroatoms. The predicted molar refractivity (Wildman–Crippen MR) is 72.6 cm³/mol. The van der Waals surface area contributed by atoms with Crippen LogP contribution in [0.5, 0.6) is 5.75 Å². The average molecular weight is 309 g/mol. The number of nitrogens with one attached hydrogen (secondary N) is 1. The molecule has 2 unspecified atom stereocenters. The molecule has 3 nitrogen and oxygen atoms in total. The summed E-state index contributed by atoms with van der Waals surface area (Å²) < 4.78 is 55.0. The molecule has 0 radical (unpaired) electrons. The number of ether oxygens (including phenoxy) is 1. The van der Waals surface area contributed by atoms with E-state index in [0.717, 1.165) is 6.42 Å². The first-order valence-electron chi connectivity index (χ1n) is 6.25. The highest BCUT2D eigenvalue weighted by Gasteiger charge is 2.31. The third-order valence-corrected chi connectivity index (χ3v) is 4.48. The number of rotatable bonds is 6. The third kappa shape index (κ3) is 5.50. The van der Waals surface area contributed by atoms with Gasteiger partial charge in [-0.25, -0.2) is 8.93 Å². The zero-order valence-electron chi connectivity index (χ0n) is 11.5. The van der Waals surface area contributed by atoms with Crippen molar-refractivity contribution in [3.63, 3.8) is 0 Å². The van der Waals surface area contributed by atoms with Crippen LogP contribution in [0.4, 0.5) is 13.2 Å². The average Bonchev–Trinajstić information content (AvgIpc) is 2.35. The summed E-state index contributed by atoms with van der Waals surface area (Å²) >= 11 is 0. The van der Waals surface area contributed by atoms with Gasteiger partial charge in [0, 0.05) is 11.3 Å². The van der Waals surface area contributed by atoms with Crippen LogP contribution in [0, 0.1) is 0 Å². The van der Waals surface area contributed by atoms with E-state index in [1.54, 1.807) is 13.0 Å². The van der Waals surface area contributed by atoms with E-state index in [0.29, 0.717) is 5.56 Å². The van der Waals surface area contributed by atoms with E-state index in [9.17, 15) is 17.4 Å². The third-order valence-electron chi connectivity index (χ3n) is 2.82. The molecule has 114 valence electrons. The van der Waals surface area contributed by atoms with Crippen molar-refractivity contribution in [1.82, 2.24) is 4.72 Å². The molecule has 0 spiro atoms. The molecule has 3 atom stereocenters. The Kier molecular flexibility index (Phi) is 6.01. The maximum absolute atomic E-state index is 12.1. The fourth-order valence-corrected chi connectivity index (χ4v) is 2.51. The summed E-state index contributed by atoms with van der Waals surface area (Å²) in [7, 11) is -1.23. The lowest BCUT2D eigenvalue weighted by atomic mass is 10.1. The van der Waals surface area contributed by atoms with Gasteiger partial charge in [0.25, 0.3) is 0 Å². The van der Waals surface area contributed by atoms with Crippen molar-refractivity contribution >= 4 is 11.0 Å². The molecule has 0 bridgehead atoms. The largest absolute Gasteiger partial charge is 0.573 e. The van der Waals surface area contributed by atoms with E-state index in [4.69, 9.17) is 0 Å². The van der Waals surface area contributed by atoms with Crippen molar-refractivity contribution in [3.8, 4) is 5.75 Å². The number of hydrogen-bond acceptors (Lipinski definition) is 2. The fourth-order valence-electron chi connectivity index (χ4n) is 1.49. The molecular weight excluding hydrogens is 291 g/mol. The van der Waals surface area contributed by atoms with Crippen molar-refractivity contribution in [3.05, 3.63) is 29.8 Å². The second kappa shape index (κ2) is 7.08. The summed E-state index contributed by atoms with van der Waals surface area (Å²) in [6.07, 6.45) is -3.96. The van der Waals surface area contributed by atoms with Gasteiger partial charge in [-0.1, -0.05) is 19.1 Å². The van der Waals surface area contributed by atoms with Gasteiger partial charge in [0.1, 0.15) is 5.75 Å². The van der Waals surface area contributed by atoms with Gasteiger partial charge in [0.05, 0.1) is 11.0 Å². The second-order valence-electron chi connectivity index (χ2n) is 4.48. The standard InChI is InChI=1S/C13H18F3NO2S/c1-4-9(2)20(18)17-10(3)11-6-5-7-12(8-11)19-13(14,15)16/h5-10,17H,4H2,1-3H3/t9?,10-,20?/m0/s1. The van der Waals surface area contributed by atoms with Gasteiger partial charge in [0.2, 0.25) is 0 Å². The Morgan fingerprint density at radius 2 is 2.00 bits per heavy atom. The summed E-state index contributed by atoms with van der Waals surface area (Å²) in [6, 6.07) is 5.32. The van der Waals surface area contributed by atoms with E-state index in [-0.39, 0.29) is 17.0 Å². The van der Waals surface area contributed by atoms with Crippen LogP contribution in [0.3, 0.4) is 0 Å². The van der Waals surface area contributed by atoms with E-state index >= 15 is 0 Å². The van der Waals surface area contributed by atoms with Gasteiger partial charge < -0.3 is 4.74 Å². The lowest BCUT2D eigenvalue weighted by Crippen LogP contribution is -2.28. The molecule has 20 heavy (non-hydrogen) atoms. The van der Waals surface area contributed by atoms with Crippen molar-refractivity contribution in [2.75, 3.05) is 0 Å². The Balaban J connectivity index is 2.76. The minimum atomic E-state index is -4.71. The van der Waals surface area contributed by atoms with Gasteiger partial charge in [-0.2, -0.15) is 0 Å². The zero-order chi connectivity index (χ0) is 15.3. The van der Waals surface area contributed by atoms with Crippen molar-refractivity contribution in [2.45, 2.75) is 44.8 Å². The van der Waals surface area contributed by atoms with Gasteiger partial charge in [0.15, 0.2) is 0 Å². The fraction of sp³-hybridized carbons (Fsp3) is 0.538. The molecule has 1 rings (SSSR count). The van der Waals surface area contributed by atoms with E-state index in [1.165, 1.54) is 18.2 Å². The highest BCUT2D eigenvalue weighted by atomic mass is 32.2. The lowest BCUT2D eigenvalue weighted by molar-refractivity contribution is -0.274. The lowest BCUT2D eigenvalue weighted by Gasteiger charge is -2.17. The van der Waals surface area contributed by atoms with Crippen LogP contribution in [-0.4, -0.2) is 15.8 Å². The van der Waals surface area contributed by atoms with Crippen LogP contribution < -0.4 is 9.46 Å². The molecule has 0 saturated carbocycles. The summed E-state index contributed by atoms with van der Waals surface area (Å²) in [5, 5.41) is -0.0212. The van der Waals surface area contributed by atoms with Crippen molar-refractivity contribution in [2.24, 2.45) is 0 Å². The van der Waals surface area contributed by atoms with Crippen molar-refractivity contribution in [1.29, 1.82) is 0 Å². The molecule has 1 N–H and O–H groups in total. The Labute approximate surface area is 119 Å². The van der Waals surface area contributed by atoms with Gasteiger partial charge in [-0.05, 0) is 38.0 Å². The topological polar surface area (TPSA) is 38.3 Å². The van der Waals surface area contributed by atoms with Crippen LogP contribution in [-0.2, 0) is 11.0 Å². The molecule has 0 aliphatic rings. The summed E-state index contributed by atoms with van der Waals surface area (Å²) in [5.41, 5.74) is 0.586. The van der Waals surface area contributed by atoms with Crippen molar-refractivity contribution < 1.29 is 22.1 Å². The number of alkyl halides is 3. The smallest absolute Gasteiger partial charge is 0.406 e. The van der Waals surface area contributed by atoms with Crippen LogP contribution in [0.15, 0.2) is 24.3 Å². The van der Waals surface area contributed by atoms with Gasteiger partial charge in [-0.15, -0.1) is 13.2 Å². The molecule has 1 aromatic carbocycles. The Hall–Kier alpha value is -1.08. The molecule has 0 heterocycles. The summed E-state index contributed by atoms with van der Waals surface area (Å²) in [6.45, 7) is 5.51. The zero-order valence-corrected chi connectivity index (χ0v) is 12.3. The summed E-state index contributed by atoms with van der Waals surface area (Å²) in [4.78, 5) is 0. The minimum absolute atomic E-state index is 0.0212. The second-order valence-corrected chi connectivity index (χ2v) is 6.11. The minimum Gasteiger partial charge on any atom is -0.406 e. The normalized spacial score (nSPS) is 16.5. The number of benzene rings is 1. The molecule has 0 aromatic heterocycles. The van der Waals surface area contributed by atoms with Crippen LogP contribution in [0.1, 0.15) is 38.8 Å². The molecule has 0 amide bonds.